The van der Waals surface area contributed by atoms with Crippen LogP contribution in [0.5, 0.6) is 0 Å². The number of carbonyl (C=O) groups is 2. The Labute approximate surface area is 221 Å². The van der Waals surface area contributed by atoms with Gasteiger partial charge in [-0.1, -0.05) is 35.9 Å². The Morgan fingerprint density at radius 1 is 1.11 bits per heavy atom. The van der Waals surface area contributed by atoms with Crippen molar-refractivity contribution in [3.8, 4) is 11.1 Å². The molecule has 11 heteroatoms. The molecule has 2 atom stereocenters. The third-order valence-corrected chi connectivity index (χ3v) is 6.25. The molecule has 0 saturated carbocycles. The lowest BCUT2D eigenvalue weighted by molar-refractivity contribution is -0.152. The van der Waals surface area contributed by atoms with Crippen molar-refractivity contribution in [1.29, 1.82) is 0 Å². The molecule has 38 heavy (non-hydrogen) atoms. The molecule has 0 unspecified atom stereocenters. The summed E-state index contributed by atoms with van der Waals surface area (Å²) in [7, 11) is 1.36. The lowest BCUT2D eigenvalue weighted by atomic mass is 9.82. The molecule has 0 aliphatic carbocycles. The Balaban J connectivity index is 1.85. The van der Waals surface area contributed by atoms with Crippen molar-refractivity contribution in [2.24, 2.45) is 5.41 Å². The molecule has 0 saturated heterocycles. The first-order chi connectivity index (χ1) is 17.8. The number of rotatable bonds is 10. The number of nitrogens with one attached hydrogen (secondary N) is 1. The number of aromatic nitrogens is 1. The number of amides is 1. The third kappa shape index (κ3) is 7.29. The highest BCUT2D eigenvalue weighted by molar-refractivity contribution is 6.30. The summed E-state index contributed by atoms with van der Waals surface area (Å²) in [4.78, 5) is 28.4. The lowest BCUT2D eigenvalue weighted by Gasteiger charge is -2.29. The molecule has 0 aliphatic heterocycles. The van der Waals surface area contributed by atoms with Gasteiger partial charge in [0, 0.05) is 29.9 Å². The van der Waals surface area contributed by atoms with Crippen LogP contribution in [0.1, 0.15) is 35.0 Å². The molecule has 1 heterocycles. The minimum Gasteiger partial charge on any atom is -0.481 e. The number of pyridine rings is 1. The minimum atomic E-state index is -4.60. The number of halogens is 5. The number of nitrogens with zero attached hydrogens (tertiary/aromatic N) is 1. The molecular formula is C27H25ClF4N2O4. The molecule has 1 aromatic heterocycles. The molecule has 0 spiro atoms. The van der Waals surface area contributed by atoms with Crippen LogP contribution in [-0.2, 0) is 22.1 Å². The van der Waals surface area contributed by atoms with Crippen LogP contribution in [-0.4, -0.2) is 41.7 Å². The van der Waals surface area contributed by atoms with E-state index in [9.17, 15) is 32.3 Å². The van der Waals surface area contributed by atoms with E-state index in [-0.39, 0.29) is 25.1 Å². The fourth-order valence-corrected chi connectivity index (χ4v) is 4.20. The predicted octanol–water partition coefficient (Wildman–Crippen LogP) is 6.03. The van der Waals surface area contributed by atoms with Crippen LogP contribution < -0.4 is 5.32 Å². The Morgan fingerprint density at radius 3 is 2.34 bits per heavy atom. The largest absolute Gasteiger partial charge is 0.481 e. The number of aliphatic carboxylic acids is 1. The highest BCUT2D eigenvalue weighted by Gasteiger charge is 2.37. The first kappa shape index (κ1) is 29.1. The number of ether oxygens (including phenoxy) is 1. The number of methoxy groups -OCH3 is 1. The topological polar surface area (TPSA) is 88.5 Å². The molecule has 2 aromatic carbocycles. The van der Waals surface area contributed by atoms with Crippen LogP contribution in [0.3, 0.4) is 0 Å². The number of benzene rings is 2. The van der Waals surface area contributed by atoms with E-state index >= 15 is 0 Å². The summed E-state index contributed by atoms with van der Waals surface area (Å²) in [5.41, 5.74) is -1.05. The molecule has 202 valence electrons. The number of carbonyl (C=O) groups excluding carboxylic acids is 1. The molecular weight excluding hydrogens is 528 g/mol. The maximum Gasteiger partial charge on any atom is 0.417 e. The summed E-state index contributed by atoms with van der Waals surface area (Å²) >= 11 is 5.98. The van der Waals surface area contributed by atoms with Gasteiger partial charge in [0.1, 0.15) is 11.5 Å². The molecule has 6 nitrogen and oxygen atoms in total. The normalized spacial score (nSPS) is 14.0. The Hall–Kier alpha value is -3.50. The summed E-state index contributed by atoms with van der Waals surface area (Å²) < 4.78 is 57.9. The van der Waals surface area contributed by atoms with E-state index in [1.54, 1.807) is 24.3 Å². The first-order valence-corrected chi connectivity index (χ1v) is 11.8. The van der Waals surface area contributed by atoms with E-state index in [0.29, 0.717) is 27.9 Å². The SMILES string of the molecule is COC[C@](C)(C[C@@H](Cc1ccc(-c2cc(Cl)ccc2F)cc1)NC(=O)c1ccc(C(F)(F)F)cn1)C(=O)O. The van der Waals surface area contributed by atoms with Crippen LogP contribution in [0.25, 0.3) is 11.1 Å². The summed E-state index contributed by atoms with van der Waals surface area (Å²) in [5, 5.41) is 12.9. The predicted molar refractivity (Wildman–Crippen MR) is 133 cm³/mol. The molecule has 0 bridgehead atoms. The van der Waals surface area contributed by atoms with Gasteiger partial charge in [-0.25, -0.2) is 4.39 Å². The van der Waals surface area contributed by atoms with Gasteiger partial charge in [0.2, 0.25) is 0 Å². The van der Waals surface area contributed by atoms with Crippen molar-refractivity contribution >= 4 is 23.5 Å². The Kier molecular flexibility index (Phi) is 9.11. The zero-order chi connectivity index (χ0) is 28.1. The minimum absolute atomic E-state index is 0.0484. The second-order valence-corrected chi connectivity index (χ2v) is 9.56. The van der Waals surface area contributed by atoms with Gasteiger partial charge < -0.3 is 15.2 Å². The second kappa shape index (κ2) is 11.9. The molecule has 3 rings (SSSR count). The van der Waals surface area contributed by atoms with Gasteiger partial charge in [-0.2, -0.15) is 13.2 Å². The van der Waals surface area contributed by atoms with E-state index in [0.717, 1.165) is 12.1 Å². The summed E-state index contributed by atoms with van der Waals surface area (Å²) in [6.45, 7) is 1.33. The van der Waals surface area contributed by atoms with Gasteiger partial charge in [-0.3, -0.25) is 14.6 Å². The lowest BCUT2D eigenvalue weighted by Crippen LogP contribution is -2.44. The Morgan fingerprint density at radius 2 is 1.79 bits per heavy atom. The number of carboxylic acids is 1. The highest BCUT2D eigenvalue weighted by Crippen LogP contribution is 2.30. The van der Waals surface area contributed by atoms with Crippen LogP contribution in [0.2, 0.25) is 5.02 Å². The fourth-order valence-electron chi connectivity index (χ4n) is 4.02. The fraction of sp³-hybridized carbons (Fsp3) is 0.296. The smallest absolute Gasteiger partial charge is 0.417 e. The van der Waals surface area contributed by atoms with Gasteiger partial charge in [0.05, 0.1) is 17.6 Å². The highest BCUT2D eigenvalue weighted by atomic mass is 35.5. The van der Waals surface area contributed by atoms with Crippen LogP contribution in [0.15, 0.2) is 60.8 Å². The van der Waals surface area contributed by atoms with E-state index in [4.69, 9.17) is 16.3 Å². The van der Waals surface area contributed by atoms with Gasteiger partial charge in [0.15, 0.2) is 0 Å². The van der Waals surface area contributed by atoms with Gasteiger partial charge in [-0.15, -0.1) is 0 Å². The summed E-state index contributed by atoms with van der Waals surface area (Å²) in [5.74, 6) is -2.35. The Bertz CT molecular complexity index is 1280. The monoisotopic (exact) mass is 552 g/mol. The van der Waals surface area contributed by atoms with Crippen molar-refractivity contribution in [3.63, 3.8) is 0 Å². The van der Waals surface area contributed by atoms with E-state index in [1.165, 1.54) is 32.2 Å². The van der Waals surface area contributed by atoms with Gasteiger partial charge in [-0.05, 0) is 61.2 Å². The van der Waals surface area contributed by atoms with Crippen molar-refractivity contribution < 1.29 is 37.0 Å². The number of hydrogen-bond donors (Lipinski definition) is 2. The maximum atomic E-state index is 14.3. The van der Waals surface area contributed by atoms with Crippen LogP contribution >= 0.6 is 11.6 Å². The van der Waals surface area contributed by atoms with Crippen molar-refractivity contribution in [2.45, 2.75) is 32.0 Å². The number of carboxylic acid groups (broad SMARTS) is 1. The van der Waals surface area contributed by atoms with E-state index in [1.807, 2.05) is 0 Å². The maximum absolute atomic E-state index is 14.3. The zero-order valence-corrected chi connectivity index (χ0v) is 21.2. The van der Waals surface area contributed by atoms with E-state index in [2.05, 4.69) is 10.3 Å². The molecule has 3 aromatic rings. The molecule has 0 fully saturated rings. The van der Waals surface area contributed by atoms with Gasteiger partial charge in [0.25, 0.3) is 5.91 Å². The van der Waals surface area contributed by atoms with Crippen LogP contribution in [0.4, 0.5) is 17.6 Å². The summed E-state index contributed by atoms with van der Waals surface area (Å²) in [6, 6.07) is 11.9. The number of alkyl halides is 3. The average molecular weight is 553 g/mol. The van der Waals surface area contributed by atoms with Crippen molar-refractivity contribution in [3.05, 3.63) is 88.5 Å². The van der Waals surface area contributed by atoms with Crippen molar-refractivity contribution in [2.75, 3.05) is 13.7 Å². The van der Waals surface area contributed by atoms with Crippen LogP contribution in [0, 0.1) is 11.2 Å². The quantitative estimate of drug-likeness (QED) is 0.300. The van der Waals surface area contributed by atoms with Gasteiger partial charge >= 0.3 is 12.1 Å². The zero-order valence-electron chi connectivity index (χ0n) is 20.5. The van der Waals surface area contributed by atoms with E-state index < -0.39 is 40.9 Å². The molecule has 0 radical (unpaired) electrons. The second-order valence-electron chi connectivity index (χ2n) is 9.13. The number of hydrogen-bond acceptors (Lipinski definition) is 4. The molecule has 0 aliphatic rings. The average Bonchev–Trinajstić information content (AvgIpc) is 2.85. The first-order valence-electron chi connectivity index (χ1n) is 11.4. The third-order valence-electron chi connectivity index (χ3n) is 6.01. The van der Waals surface area contributed by atoms with Crippen molar-refractivity contribution in [1.82, 2.24) is 10.3 Å². The standard InChI is InChI=1S/C27H25ClF4N2O4/c1-26(15-38-2,25(36)37)13-20(34-24(35)23-10-7-18(14-33-23)27(30,31)32)11-16-3-5-17(6-4-16)21-12-19(28)8-9-22(21)29/h3-10,12,14,20H,11,13,15H2,1-2H3,(H,34,35)(H,36,37)/t20-,26+/m1/s1. The summed E-state index contributed by atoms with van der Waals surface area (Å²) in [6.07, 6.45) is -3.91. The molecule has 1 amide bonds. The molecule has 2 N–H and O–H groups in total.